The molecule has 1 aliphatic rings. The van der Waals surface area contributed by atoms with Gasteiger partial charge in [-0.3, -0.25) is 4.90 Å². The number of rotatable bonds is 3. The Hall–Kier alpha value is -2.18. The van der Waals surface area contributed by atoms with Gasteiger partial charge in [-0.25, -0.2) is 9.82 Å². The first-order chi connectivity index (χ1) is 9.92. The quantitative estimate of drug-likeness (QED) is 0.685. The second-order valence-electron chi connectivity index (χ2n) is 3.68. The fraction of sp³-hybridized carbons (Fsp3) is 0.250. The van der Waals surface area contributed by atoms with Gasteiger partial charge in [-0.05, 0) is 11.5 Å². The molecule has 1 aliphatic heterocycles. The van der Waals surface area contributed by atoms with E-state index in [4.69, 9.17) is 9.25 Å². The molecule has 12 heteroatoms. The Bertz CT molecular complexity index is 615. The minimum atomic E-state index is -0.575. The number of anilines is 2. The first-order valence-corrected chi connectivity index (χ1v) is 7.13. The standard InChI is InChI=1S/C8H6N8O2S2/c1-10-12-5(17-1)6-15(8-13-11-3-19-8)4-16(18-6)7-9-2-20-14-7/h1-3,6H,4H2. The van der Waals surface area contributed by atoms with Gasteiger partial charge in [-0.1, -0.05) is 11.3 Å². The van der Waals surface area contributed by atoms with Crippen molar-refractivity contribution >= 4 is 33.9 Å². The lowest BCUT2D eigenvalue weighted by Gasteiger charge is -2.15. The maximum atomic E-state index is 5.77. The predicted molar refractivity (Wildman–Crippen MR) is 67.8 cm³/mol. The van der Waals surface area contributed by atoms with Gasteiger partial charge in [-0.15, -0.1) is 20.4 Å². The maximum absolute atomic E-state index is 5.77. The highest BCUT2D eigenvalue weighted by molar-refractivity contribution is 7.13. The molecular weight excluding hydrogens is 304 g/mol. The molecule has 3 aromatic heterocycles. The molecule has 10 nitrogen and oxygen atoms in total. The van der Waals surface area contributed by atoms with Crippen molar-refractivity contribution in [2.24, 2.45) is 0 Å². The van der Waals surface area contributed by atoms with Crippen LogP contribution in [-0.2, 0) is 4.84 Å². The Labute approximate surface area is 119 Å². The Kier molecular flexibility index (Phi) is 2.75. The van der Waals surface area contributed by atoms with Crippen molar-refractivity contribution in [3.8, 4) is 0 Å². The summed E-state index contributed by atoms with van der Waals surface area (Å²) in [4.78, 5) is 11.7. The Morgan fingerprint density at radius 1 is 1.25 bits per heavy atom. The SMILES string of the molecule is c1nnc(C2ON(c3ncsn3)CN2c2nncs2)o1. The summed E-state index contributed by atoms with van der Waals surface area (Å²) in [6.45, 7) is 0.388. The van der Waals surface area contributed by atoms with E-state index in [9.17, 15) is 0 Å². The molecule has 0 aromatic carbocycles. The molecule has 0 radical (unpaired) electrons. The van der Waals surface area contributed by atoms with Crippen LogP contribution in [0.2, 0.25) is 0 Å². The van der Waals surface area contributed by atoms with E-state index in [1.165, 1.54) is 29.3 Å². The van der Waals surface area contributed by atoms with Crippen LogP contribution in [0.5, 0.6) is 0 Å². The molecule has 4 heterocycles. The highest BCUT2D eigenvalue weighted by Crippen LogP contribution is 2.35. The van der Waals surface area contributed by atoms with Gasteiger partial charge in [0.2, 0.25) is 17.8 Å². The van der Waals surface area contributed by atoms with Crippen LogP contribution in [0, 0.1) is 0 Å². The van der Waals surface area contributed by atoms with Gasteiger partial charge in [0.1, 0.15) is 17.7 Å². The van der Waals surface area contributed by atoms with Gasteiger partial charge in [0.25, 0.3) is 11.8 Å². The molecule has 4 rings (SSSR count). The molecule has 3 aromatic rings. The third-order valence-electron chi connectivity index (χ3n) is 2.55. The smallest absolute Gasteiger partial charge is 0.268 e. The average molecular weight is 310 g/mol. The fourth-order valence-corrected chi connectivity index (χ4v) is 2.72. The van der Waals surface area contributed by atoms with Gasteiger partial charge < -0.3 is 4.42 Å². The van der Waals surface area contributed by atoms with Gasteiger partial charge in [-0.2, -0.15) is 9.44 Å². The van der Waals surface area contributed by atoms with E-state index >= 15 is 0 Å². The van der Waals surface area contributed by atoms with E-state index in [-0.39, 0.29) is 0 Å². The number of hydroxylamine groups is 1. The molecule has 0 saturated carbocycles. The molecule has 0 amide bonds. The third kappa shape index (κ3) is 1.90. The second-order valence-corrected chi connectivity index (χ2v) is 5.09. The van der Waals surface area contributed by atoms with E-state index in [2.05, 4.69) is 29.8 Å². The normalized spacial score (nSPS) is 18.9. The van der Waals surface area contributed by atoms with Crippen LogP contribution >= 0.6 is 22.9 Å². The van der Waals surface area contributed by atoms with E-state index in [0.29, 0.717) is 23.6 Å². The molecule has 102 valence electrons. The van der Waals surface area contributed by atoms with Crippen LogP contribution in [0.3, 0.4) is 0 Å². The van der Waals surface area contributed by atoms with Gasteiger partial charge in [0.15, 0.2) is 0 Å². The van der Waals surface area contributed by atoms with E-state index in [0.717, 1.165) is 0 Å². The third-order valence-corrected chi connectivity index (χ3v) is 3.74. The summed E-state index contributed by atoms with van der Waals surface area (Å²) in [5, 5.41) is 17.6. The zero-order valence-electron chi connectivity index (χ0n) is 9.73. The molecule has 0 N–H and O–H groups in total. The van der Waals surface area contributed by atoms with Crippen LogP contribution in [0.1, 0.15) is 12.1 Å². The average Bonchev–Trinajstić information content (AvgIpc) is 3.22. The molecule has 1 fully saturated rings. The molecule has 0 bridgehead atoms. The van der Waals surface area contributed by atoms with Crippen molar-refractivity contribution in [2.45, 2.75) is 6.23 Å². The zero-order chi connectivity index (χ0) is 13.4. The second kappa shape index (κ2) is 4.73. The zero-order valence-corrected chi connectivity index (χ0v) is 11.4. The lowest BCUT2D eigenvalue weighted by Crippen LogP contribution is -2.26. The fourth-order valence-electron chi connectivity index (χ4n) is 1.73. The largest absolute Gasteiger partial charge is 0.423 e. The van der Waals surface area contributed by atoms with Gasteiger partial charge in [0, 0.05) is 0 Å². The first-order valence-electron chi connectivity index (χ1n) is 5.41. The summed E-state index contributed by atoms with van der Waals surface area (Å²) in [5.74, 6) is 0.810. The lowest BCUT2D eigenvalue weighted by atomic mass is 10.5. The number of hydrogen-bond donors (Lipinski definition) is 0. The summed E-state index contributed by atoms with van der Waals surface area (Å²) in [6.07, 6.45) is 0.676. The Morgan fingerprint density at radius 2 is 2.25 bits per heavy atom. The Morgan fingerprint density at radius 3 is 2.95 bits per heavy atom. The van der Waals surface area contributed by atoms with Crippen LogP contribution < -0.4 is 9.96 Å². The molecule has 0 aliphatic carbocycles. The number of nitrogens with zero attached hydrogens (tertiary/aromatic N) is 8. The van der Waals surface area contributed by atoms with Crippen molar-refractivity contribution < 1.29 is 9.25 Å². The molecule has 1 unspecified atom stereocenters. The molecule has 1 saturated heterocycles. The molecule has 1 atom stereocenters. The van der Waals surface area contributed by atoms with Crippen molar-refractivity contribution in [2.75, 3.05) is 16.6 Å². The number of aromatic nitrogens is 6. The first kappa shape index (κ1) is 11.6. The van der Waals surface area contributed by atoms with E-state index in [1.807, 2.05) is 4.90 Å². The summed E-state index contributed by atoms with van der Waals surface area (Å²) >= 11 is 2.64. The van der Waals surface area contributed by atoms with E-state index < -0.39 is 6.23 Å². The topological polar surface area (TPSA) is 106 Å². The molecular formula is C8H6N8O2S2. The Balaban J connectivity index is 1.68. The van der Waals surface area contributed by atoms with Crippen LogP contribution in [0.25, 0.3) is 0 Å². The highest BCUT2D eigenvalue weighted by atomic mass is 32.1. The predicted octanol–water partition coefficient (Wildman–Crippen LogP) is 0.687. The van der Waals surface area contributed by atoms with Crippen LogP contribution in [0.15, 0.2) is 21.8 Å². The van der Waals surface area contributed by atoms with Crippen molar-refractivity contribution in [3.05, 3.63) is 23.3 Å². The molecule has 20 heavy (non-hydrogen) atoms. The van der Waals surface area contributed by atoms with Gasteiger partial charge in [0.05, 0.1) is 0 Å². The summed E-state index contributed by atoms with van der Waals surface area (Å²) in [6, 6.07) is 0. The van der Waals surface area contributed by atoms with Crippen molar-refractivity contribution in [3.63, 3.8) is 0 Å². The molecule has 0 spiro atoms. The van der Waals surface area contributed by atoms with E-state index in [1.54, 1.807) is 16.1 Å². The minimum Gasteiger partial charge on any atom is -0.423 e. The maximum Gasteiger partial charge on any atom is 0.268 e. The summed E-state index contributed by atoms with van der Waals surface area (Å²) in [7, 11) is 0. The van der Waals surface area contributed by atoms with Gasteiger partial charge >= 0.3 is 0 Å². The summed E-state index contributed by atoms with van der Waals surface area (Å²) in [5.41, 5.74) is 3.28. The number of hydrogen-bond acceptors (Lipinski definition) is 12. The lowest BCUT2D eigenvalue weighted by molar-refractivity contribution is 0.0664. The van der Waals surface area contributed by atoms with Crippen molar-refractivity contribution in [1.29, 1.82) is 0 Å². The van der Waals surface area contributed by atoms with Crippen LogP contribution in [0.4, 0.5) is 11.1 Å². The summed E-state index contributed by atoms with van der Waals surface area (Å²) < 4.78 is 9.35. The van der Waals surface area contributed by atoms with Crippen LogP contribution in [-0.4, -0.2) is 36.4 Å². The highest BCUT2D eigenvalue weighted by Gasteiger charge is 2.39. The van der Waals surface area contributed by atoms with Crippen molar-refractivity contribution in [1.82, 2.24) is 29.8 Å². The minimum absolute atomic E-state index is 0.331. The monoisotopic (exact) mass is 310 g/mol.